The van der Waals surface area contributed by atoms with Crippen molar-refractivity contribution in [1.29, 1.82) is 0 Å². The predicted octanol–water partition coefficient (Wildman–Crippen LogP) is 2.94. The van der Waals surface area contributed by atoms with Gasteiger partial charge in [-0.05, 0) is 24.3 Å². The fourth-order valence-electron chi connectivity index (χ4n) is 2.37. The van der Waals surface area contributed by atoms with Gasteiger partial charge in [0.2, 0.25) is 0 Å². The van der Waals surface area contributed by atoms with Gasteiger partial charge < -0.3 is 14.4 Å². The molecule has 0 spiro atoms. The summed E-state index contributed by atoms with van der Waals surface area (Å²) in [7, 11) is 1.30. The van der Waals surface area contributed by atoms with Crippen LogP contribution in [-0.2, 0) is 22.5 Å². The number of carbonyl (C=O) groups is 2. The second kappa shape index (κ2) is 7.71. The van der Waals surface area contributed by atoms with Crippen LogP contribution in [0.2, 0.25) is 5.02 Å². The first-order valence-corrected chi connectivity index (χ1v) is 8.74. The summed E-state index contributed by atoms with van der Waals surface area (Å²) < 4.78 is 10.1. The fourth-order valence-corrected chi connectivity index (χ4v) is 3.50. The molecule has 0 saturated heterocycles. The number of halogens is 1. The lowest BCUT2D eigenvalue weighted by atomic mass is 10.2. The number of carbonyl (C=O) groups excluding carboxylic acids is 2. The van der Waals surface area contributed by atoms with Gasteiger partial charge in [-0.1, -0.05) is 22.9 Å². The van der Waals surface area contributed by atoms with Crippen LogP contribution in [0.4, 0.5) is 9.93 Å². The first kappa shape index (κ1) is 17.5. The molecule has 0 atom stereocenters. The number of ether oxygens (including phenoxy) is 2. The molecule has 0 unspecified atom stereocenters. The summed E-state index contributed by atoms with van der Waals surface area (Å²) in [6, 6.07) is 6.86. The smallest absolute Gasteiger partial charge is 0.413 e. The number of aromatic nitrogens is 1. The van der Waals surface area contributed by atoms with Crippen LogP contribution >= 0.6 is 22.9 Å². The molecule has 1 N–H and O–H groups in total. The average Bonchev–Trinajstić information content (AvgIpc) is 3.02. The number of benzene rings is 1. The molecule has 2 amide bonds. The lowest BCUT2D eigenvalue weighted by molar-refractivity contribution is -0.134. The third-order valence-electron chi connectivity index (χ3n) is 3.65. The molecule has 1 aliphatic heterocycles. The van der Waals surface area contributed by atoms with Crippen LogP contribution in [0.15, 0.2) is 24.3 Å². The number of hydrogen-bond acceptors (Lipinski definition) is 6. The molecule has 25 heavy (non-hydrogen) atoms. The van der Waals surface area contributed by atoms with Crippen LogP contribution in [0.1, 0.15) is 10.6 Å². The van der Waals surface area contributed by atoms with Gasteiger partial charge >= 0.3 is 6.09 Å². The zero-order valence-electron chi connectivity index (χ0n) is 13.5. The SMILES string of the molecule is COC(=O)Nc1nc2c(s1)CN(C(=O)COc1ccc(Cl)cc1)CC2. The summed E-state index contributed by atoms with van der Waals surface area (Å²) in [4.78, 5) is 30.6. The van der Waals surface area contributed by atoms with Gasteiger partial charge in [0.15, 0.2) is 11.7 Å². The van der Waals surface area contributed by atoms with E-state index in [0.717, 1.165) is 10.6 Å². The van der Waals surface area contributed by atoms with Crippen molar-refractivity contribution in [2.75, 3.05) is 25.6 Å². The highest BCUT2D eigenvalue weighted by molar-refractivity contribution is 7.15. The second-order valence-electron chi connectivity index (χ2n) is 5.31. The Morgan fingerprint density at radius 1 is 1.36 bits per heavy atom. The van der Waals surface area contributed by atoms with E-state index >= 15 is 0 Å². The lowest BCUT2D eigenvalue weighted by Gasteiger charge is -2.26. The molecule has 1 aromatic carbocycles. The summed E-state index contributed by atoms with van der Waals surface area (Å²) >= 11 is 7.16. The van der Waals surface area contributed by atoms with Gasteiger partial charge in [0, 0.05) is 22.9 Å². The Labute approximate surface area is 153 Å². The van der Waals surface area contributed by atoms with E-state index < -0.39 is 6.09 Å². The fraction of sp³-hybridized carbons (Fsp3) is 0.312. The third kappa shape index (κ3) is 4.40. The van der Waals surface area contributed by atoms with E-state index in [-0.39, 0.29) is 12.5 Å². The molecule has 0 aliphatic carbocycles. The van der Waals surface area contributed by atoms with Crippen molar-refractivity contribution >= 4 is 40.1 Å². The van der Waals surface area contributed by atoms with Gasteiger partial charge in [-0.25, -0.2) is 9.78 Å². The van der Waals surface area contributed by atoms with Gasteiger partial charge in [-0.2, -0.15) is 0 Å². The Kier molecular flexibility index (Phi) is 5.40. The van der Waals surface area contributed by atoms with Gasteiger partial charge in [0.1, 0.15) is 5.75 Å². The van der Waals surface area contributed by atoms with Crippen molar-refractivity contribution in [1.82, 2.24) is 9.88 Å². The van der Waals surface area contributed by atoms with Gasteiger partial charge in [0.25, 0.3) is 5.91 Å². The summed E-state index contributed by atoms with van der Waals surface area (Å²) in [6.07, 6.45) is 0.0804. The van der Waals surface area contributed by atoms with Crippen molar-refractivity contribution < 1.29 is 19.1 Å². The van der Waals surface area contributed by atoms with Crippen molar-refractivity contribution in [2.24, 2.45) is 0 Å². The Morgan fingerprint density at radius 3 is 2.84 bits per heavy atom. The van der Waals surface area contributed by atoms with Crippen molar-refractivity contribution in [3.8, 4) is 5.75 Å². The first-order valence-electron chi connectivity index (χ1n) is 7.55. The Morgan fingerprint density at radius 2 is 2.12 bits per heavy atom. The number of anilines is 1. The summed E-state index contributed by atoms with van der Waals surface area (Å²) in [5, 5.41) is 3.64. The summed E-state index contributed by atoms with van der Waals surface area (Å²) in [6.45, 7) is 0.985. The highest BCUT2D eigenvalue weighted by Crippen LogP contribution is 2.28. The van der Waals surface area contributed by atoms with E-state index in [4.69, 9.17) is 16.3 Å². The van der Waals surface area contributed by atoms with E-state index in [9.17, 15) is 9.59 Å². The van der Waals surface area contributed by atoms with E-state index in [0.29, 0.717) is 35.4 Å². The predicted molar refractivity (Wildman–Crippen MR) is 94.2 cm³/mol. The number of hydrogen-bond donors (Lipinski definition) is 1. The minimum Gasteiger partial charge on any atom is -0.484 e. The Bertz CT molecular complexity index is 778. The molecule has 0 bridgehead atoms. The molecular weight excluding hydrogens is 366 g/mol. The lowest BCUT2D eigenvalue weighted by Crippen LogP contribution is -2.38. The Hall–Kier alpha value is -2.32. The molecule has 0 fully saturated rings. The molecule has 2 aromatic rings. The molecule has 132 valence electrons. The van der Waals surface area contributed by atoms with Crippen LogP contribution in [0.3, 0.4) is 0 Å². The molecule has 1 aliphatic rings. The maximum absolute atomic E-state index is 12.3. The minimum absolute atomic E-state index is 0.0387. The van der Waals surface area contributed by atoms with Crippen molar-refractivity contribution in [3.63, 3.8) is 0 Å². The van der Waals surface area contributed by atoms with Crippen LogP contribution < -0.4 is 10.1 Å². The molecule has 2 heterocycles. The molecule has 9 heteroatoms. The topological polar surface area (TPSA) is 80.8 Å². The maximum atomic E-state index is 12.3. The average molecular weight is 382 g/mol. The normalized spacial score (nSPS) is 13.1. The zero-order chi connectivity index (χ0) is 17.8. The second-order valence-corrected chi connectivity index (χ2v) is 6.83. The third-order valence-corrected chi connectivity index (χ3v) is 4.90. The molecule has 0 saturated carbocycles. The standard InChI is InChI=1S/C16H16ClN3O4S/c1-23-16(22)19-15-18-12-6-7-20(8-13(12)25-15)14(21)9-24-11-4-2-10(17)3-5-11/h2-5H,6-9H2,1H3,(H,18,19,22). The quantitative estimate of drug-likeness (QED) is 0.880. The largest absolute Gasteiger partial charge is 0.484 e. The van der Waals surface area contributed by atoms with E-state index in [1.807, 2.05) is 0 Å². The van der Waals surface area contributed by atoms with Crippen LogP contribution in [0.25, 0.3) is 0 Å². The Balaban J connectivity index is 1.57. The van der Waals surface area contributed by atoms with Crippen LogP contribution in [0.5, 0.6) is 5.75 Å². The highest BCUT2D eigenvalue weighted by Gasteiger charge is 2.24. The number of rotatable bonds is 4. The highest BCUT2D eigenvalue weighted by atomic mass is 35.5. The summed E-state index contributed by atoms with van der Waals surface area (Å²) in [5.74, 6) is 0.495. The molecule has 1 aromatic heterocycles. The number of thiazole rings is 1. The van der Waals surface area contributed by atoms with Crippen molar-refractivity contribution in [2.45, 2.75) is 13.0 Å². The van der Waals surface area contributed by atoms with Crippen molar-refractivity contribution in [3.05, 3.63) is 39.9 Å². The molecule has 7 nitrogen and oxygen atoms in total. The van der Waals surface area contributed by atoms with E-state index in [1.54, 1.807) is 29.2 Å². The number of amides is 2. The van der Waals surface area contributed by atoms with Crippen LogP contribution in [0, 0.1) is 0 Å². The zero-order valence-corrected chi connectivity index (χ0v) is 15.0. The number of nitrogens with one attached hydrogen (secondary N) is 1. The van der Waals surface area contributed by atoms with Gasteiger partial charge in [-0.15, -0.1) is 0 Å². The van der Waals surface area contributed by atoms with Crippen LogP contribution in [-0.4, -0.2) is 42.1 Å². The summed E-state index contributed by atoms with van der Waals surface area (Å²) in [5.41, 5.74) is 0.902. The van der Waals surface area contributed by atoms with Gasteiger partial charge in [0.05, 0.1) is 19.3 Å². The molecule has 3 rings (SSSR count). The van der Waals surface area contributed by atoms with Gasteiger partial charge in [-0.3, -0.25) is 10.1 Å². The monoisotopic (exact) mass is 381 g/mol. The van der Waals surface area contributed by atoms with E-state index in [1.165, 1.54) is 18.4 Å². The number of methoxy groups -OCH3 is 1. The van der Waals surface area contributed by atoms with E-state index in [2.05, 4.69) is 15.0 Å². The number of fused-ring (bicyclic) bond motifs is 1. The number of nitrogens with zero attached hydrogens (tertiary/aromatic N) is 2. The maximum Gasteiger partial charge on any atom is 0.413 e. The minimum atomic E-state index is -0.560. The first-order chi connectivity index (χ1) is 12.0. The molecular formula is C16H16ClN3O4S. The molecule has 0 radical (unpaired) electrons.